The highest BCUT2D eigenvalue weighted by molar-refractivity contribution is 14.1. The van der Waals surface area contributed by atoms with E-state index >= 15 is 4.39 Å². The number of nitrogens with two attached hydrogens (primary N) is 3. The average Bonchev–Trinajstić information content (AvgIpc) is 1.58. The number of aromatic amines is 1. The number of hydrogen-bond donors (Lipinski definition) is 4. The monoisotopic (exact) mass is 1890 g/mol. The van der Waals surface area contributed by atoms with Crippen molar-refractivity contribution in [1.29, 1.82) is 0 Å². The normalized spacial score (nSPS) is 12.8. The first-order valence-corrected chi connectivity index (χ1v) is 46.9. The fourth-order valence-corrected chi connectivity index (χ4v) is 18.1. The highest BCUT2D eigenvalue weighted by Crippen LogP contribution is 2.39. The number of terminal acetylenes is 1. The van der Waals surface area contributed by atoms with Crippen LogP contribution in [0.3, 0.4) is 0 Å². The van der Waals surface area contributed by atoms with Crippen LogP contribution >= 0.6 is 38.5 Å². The molecular formula is C91H93BBrF7IN7O8S3Si. The second kappa shape index (κ2) is 38.6. The van der Waals surface area contributed by atoms with E-state index in [-0.39, 0.29) is 71.6 Å². The number of nitrogens with zero attached hydrogens (tertiary/aromatic N) is 3. The summed E-state index contributed by atoms with van der Waals surface area (Å²) < 4.78 is 189. The predicted molar refractivity (Wildman–Crippen MR) is 487 cm³/mol. The minimum atomic E-state index is -4.02. The van der Waals surface area contributed by atoms with Gasteiger partial charge >= 0.3 is 7.12 Å². The molecule has 1 saturated heterocycles. The molecule has 5 heterocycles. The molecule has 120 heavy (non-hydrogen) atoms. The molecule has 0 spiro atoms. The van der Waals surface area contributed by atoms with Crippen LogP contribution in [0.15, 0.2) is 220 Å². The van der Waals surface area contributed by atoms with Crippen LogP contribution in [0.1, 0.15) is 88.9 Å². The summed E-state index contributed by atoms with van der Waals surface area (Å²) >= 11 is 5.32. The van der Waals surface area contributed by atoms with Gasteiger partial charge in [-0.2, -0.15) is 0 Å². The molecule has 0 atom stereocenters. The lowest BCUT2D eigenvalue weighted by Gasteiger charge is -2.32. The van der Waals surface area contributed by atoms with E-state index in [4.69, 9.17) is 26.5 Å². The summed E-state index contributed by atoms with van der Waals surface area (Å²) in [6.45, 7) is 32.4. The van der Waals surface area contributed by atoms with Crippen molar-refractivity contribution in [1.82, 2.24) is 16.9 Å². The molecule has 0 saturated carbocycles. The van der Waals surface area contributed by atoms with Crippen molar-refractivity contribution in [2.75, 3.05) is 17.2 Å². The zero-order valence-electron chi connectivity index (χ0n) is 69.3. The summed E-state index contributed by atoms with van der Waals surface area (Å²) in [5.74, 6) is 0.0552. The summed E-state index contributed by atoms with van der Waals surface area (Å²) in [6, 6.07) is 47.0. The van der Waals surface area contributed by atoms with Gasteiger partial charge in [0.1, 0.15) is 54.3 Å². The maximum atomic E-state index is 15.1. The Morgan fingerprint density at radius 3 is 1.29 bits per heavy atom. The molecule has 0 radical (unpaired) electrons. The van der Waals surface area contributed by atoms with E-state index in [2.05, 4.69) is 64.9 Å². The van der Waals surface area contributed by atoms with E-state index in [0.29, 0.717) is 42.7 Å². The molecule has 4 aromatic heterocycles. The van der Waals surface area contributed by atoms with Gasteiger partial charge in [0.15, 0.2) is 0 Å². The van der Waals surface area contributed by atoms with E-state index in [9.17, 15) is 51.6 Å². The topological polar surface area (TPSA) is 230 Å². The number of aryl methyl sites for hydroxylation is 10. The average molecular weight is 1890 g/mol. The second-order valence-corrected chi connectivity index (χ2v) is 43.1. The Morgan fingerprint density at radius 1 is 0.442 bits per heavy atom. The lowest BCUT2D eigenvalue weighted by atomic mass is 9.79. The summed E-state index contributed by atoms with van der Waals surface area (Å²) in [5.41, 5.74) is 29.2. The number of benzene rings is 10. The summed E-state index contributed by atoms with van der Waals surface area (Å²) in [5, 5.41) is 2.50. The van der Waals surface area contributed by atoms with Crippen molar-refractivity contribution in [3.05, 3.63) is 311 Å². The molecule has 1 aliphatic heterocycles. The van der Waals surface area contributed by atoms with Crippen molar-refractivity contribution >= 4 is 150 Å². The van der Waals surface area contributed by atoms with Gasteiger partial charge in [-0.25, -0.2) is 67.9 Å². The van der Waals surface area contributed by atoms with Gasteiger partial charge < -0.3 is 31.5 Å². The smallest absolute Gasteiger partial charge is 0.399 e. The first-order chi connectivity index (χ1) is 55.9. The van der Waals surface area contributed by atoms with Gasteiger partial charge in [0.2, 0.25) is 0 Å². The summed E-state index contributed by atoms with van der Waals surface area (Å²) in [4.78, 5) is 3.20. The third kappa shape index (κ3) is 22.6. The van der Waals surface area contributed by atoms with Crippen LogP contribution in [0.5, 0.6) is 0 Å². The number of rotatable bonds is 7. The van der Waals surface area contributed by atoms with E-state index < -0.39 is 73.9 Å². The van der Waals surface area contributed by atoms with Crippen LogP contribution in [0.2, 0.25) is 19.6 Å². The SMILES string of the molecule is C#C.Cc1cc(F)c(N)c(C#C[Si](C)(C)C)c1.Cc1cc(F)c(N)c(I)c1.Cc1cc(F)c2[nH]ccc2c1.Cc1ccc(N)c(F)c1.Cc1ccc(S(=O)(=O)n2cc(B3OC(C)(C)C(C)(C)O3)c3cc(C)cc(F)c32)cc1.Cc1ccc(S(=O)(=O)n2cc(Br)c3cc(C)cc(F)c32)cc1.Cc1ccc(S(=O)(=O)n2ccc3cc(C)cc(F)c32)cc1. The molecule has 15 nitrogen and oxygen atoms in total. The molecule has 7 N–H and O–H groups in total. The quantitative estimate of drug-likeness (QED) is 0.0385. The Morgan fingerprint density at radius 2 is 0.825 bits per heavy atom. The van der Waals surface area contributed by atoms with Crippen molar-refractivity contribution < 1.29 is 65.3 Å². The number of aromatic nitrogens is 4. The van der Waals surface area contributed by atoms with Gasteiger partial charge in [0.05, 0.1) is 65.1 Å². The molecule has 10 aromatic carbocycles. The summed E-state index contributed by atoms with van der Waals surface area (Å²) in [7, 11) is -13.9. The van der Waals surface area contributed by atoms with Gasteiger partial charge in [0, 0.05) is 59.8 Å². The molecule has 0 unspecified atom stereocenters. The van der Waals surface area contributed by atoms with Crippen LogP contribution in [0.25, 0.3) is 43.6 Å². The number of nitrogen functional groups attached to an aromatic ring is 3. The molecule has 0 amide bonds. The third-order valence-corrected chi connectivity index (χ3v) is 26.4. The Hall–Kier alpha value is -10.3. The largest absolute Gasteiger partial charge is 0.497 e. The Kier molecular flexibility index (Phi) is 30.6. The molecule has 14 aromatic rings. The highest BCUT2D eigenvalue weighted by Gasteiger charge is 2.53. The Labute approximate surface area is 721 Å². The van der Waals surface area contributed by atoms with Crippen LogP contribution < -0.4 is 22.7 Å². The van der Waals surface area contributed by atoms with E-state index in [1.54, 1.807) is 99.8 Å². The van der Waals surface area contributed by atoms with Crippen molar-refractivity contribution in [3.63, 3.8) is 0 Å². The predicted octanol–water partition coefficient (Wildman–Crippen LogP) is 21.8. The Balaban J connectivity index is 0.000000180. The minimum Gasteiger partial charge on any atom is -0.399 e. The lowest BCUT2D eigenvalue weighted by molar-refractivity contribution is 0.00578. The number of hydrogen-bond acceptors (Lipinski definition) is 11. The molecule has 1 aliphatic rings. The number of H-pyrrole nitrogens is 1. The lowest BCUT2D eigenvalue weighted by Crippen LogP contribution is -2.41. The van der Waals surface area contributed by atoms with Crippen molar-refractivity contribution in [3.8, 4) is 24.3 Å². The van der Waals surface area contributed by atoms with Gasteiger partial charge in [-0.15, -0.1) is 18.4 Å². The molecule has 29 heteroatoms. The zero-order valence-corrected chi connectivity index (χ0v) is 76.4. The fraction of sp³-hybridized carbons (Fsp3) is 0.209. The van der Waals surface area contributed by atoms with E-state index in [1.165, 1.54) is 97.5 Å². The Bertz CT molecular complexity index is 6560. The summed E-state index contributed by atoms with van der Waals surface area (Å²) in [6.07, 6.45) is 13.9. The van der Waals surface area contributed by atoms with E-state index in [1.807, 2.05) is 123 Å². The van der Waals surface area contributed by atoms with E-state index in [0.717, 1.165) is 70.9 Å². The highest BCUT2D eigenvalue weighted by atomic mass is 127. The molecule has 0 bridgehead atoms. The number of anilines is 3. The minimum absolute atomic E-state index is 0.00844. The fourth-order valence-electron chi connectivity index (χ4n) is 12.1. The first kappa shape index (κ1) is 95.1. The van der Waals surface area contributed by atoms with Gasteiger partial charge in [-0.05, 0) is 308 Å². The van der Waals surface area contributed by atoms with Crippen molar-refractivity contribution in [2.45, 2.75) is 142 Å². The molecule has 628 valence electrons. The standard InChI is InChI=1S/C22H25BFNO4S.C16H13BrFNO2S.C16H14FNO2S.C12H16FNSi.C9H8FN.C7H7FIN.C7H8FN.C2H2/c1-14-7-9-16(10-8-14)30(26,27)25-13-18(17-11-15(2)12-19(24)20(17)25)23-28-21(3,4)22(5,6)29-23;1-10-3-5-12(6-4-10)22(20,21)19-9-14(17)13-7-11(2)8-15(18)16(13)19;1-11-3-5-14(6-4-11)21(19,20)18-8-7-13-9-12(2)10-15(17)16(13)18;1-9-7-10(5-6-15(2,3)4)12(14)11(13)8-9;1-6-4-7-2-3-11-9(7)8(10)5-6;1-4-2-5(8)7(10)6(9)3-4;1-5-2-3-7(9)6(8)4-5;1-2/h7-13H,1-6H3;3-9H,1-2H3;3-10H,1-2H3;7-8H,14H2,1-4H3;2-5,11H,1H3;2-3H,10H2,1H3;2-4H,9H2,1H3;1-2H. The van der Waals surface area contributed by atoms with Crippen LogP contribution in [-0.4, -0.2) is 68.5 Å². The number of fused-ring (bicyclic) bond motifs is 4. The molecule has 0 aliphatic carbocycles. The van der Waals surface area contributed by atoms with Gasteiger partial charge in [-0.1, -0.05) is 84.7 Å². The van der Waals surface area contributed by atoms with Crippen LogP contribution in [0, 0.1) is 138 Å². The van der Waals surface area contributed by atoms with Crippen molar-refractivity contribution in [2.24, 2.45) is 0 Å². The molecular weight excluding hydrogens is 1790 g/mol. The van der Waals surface area contributed by atoms with Gasteiger partial charge in [-0.3, -0.25) is 0 Å². The van der Waals surface area contributed by atoms with Crippen LogP contribution in [0.4, 0.5) is 47.8 Å². The number of nitrogens with one attached hydrogen (secondary N) is 1. The third-order valence-electron chi connectivity index (χ3n) is 19.0. The maximum absolute atomic E-state index is 15.1. The maximum Gasteiger partial charge on any atom is 0.497 e. The second-order valence-electron chi connectivity index (χ2n) is 30.8. The first-order valence-electron chi connectivity index (χ1n) is 37.2. The molecule has 1 fully saturated rings. The van der Waals surface area contributed by atoms with Gasteiger partial charge in [0.25, 0.3) is 30.1 Å². The number of halogens is 9. The molecule has 15 rings (SSSR count). The zero-order chi connectivity index (χ0) is 89.4. The van der Waals surface area contributed by atoms with Crippen LogP contribution in [-0.2, 0) is 39.4 Å².